The van der Waals surface area contributed by atoms with E-state index in [2.05, 4.69) is 22.2 Å². The number of phenols is 1. The first kappa shape index (κ1) is 19.3. The van der Waals surface area contributed by atoms with E-state index in [1.54, 1.807) is 12.1 Å². The average Bonchev–Trinajstić information content (AvgIpc) is 3.38. The maximum Gasteiger partial charge on any atom is 0.152 e. The van der Waals surface area contributed by atoms with E-state index in [9.17, 15) is 10.2 Å². The summed E-state index contributed by atoms with van der Waals surface area (Å²) in [4.78, 5) is 2.46. The zero-order valence-electron chi connectivity index (χ0n) is 17.3. The molecular weight excluding hydrogens is 376 g/mol. The quantitative estimate of drug-likeness (QED) is 0.651. The number of aliphatic hydroxyl groups is 1. The number of aromatic nitrogens is 1. The van der Waals surface area contributed by atoms with E-state index < -0.39 is 5.60 Å². The number of hydrogen-bond donors (Lipinski definition) is 2. The molecular formula is C25H28N2O3. The molecule has 0 radical (unpaired) electrons. The Hall–Kier alpha value is -2.63. The van der Waals surface area contributed by atoms with Crippen molar-refractivity contribution < 1.29 is 14.7 Å². The minimum atomic E-state index is -0.541. The lowest BCUT2D eigenvalue weighted by atomic mass is 9.89. The zero-order valence-corrected chi connectivity index (χ0v) is 17.3. The van der Waals surface area contributed by atoms with E-state index in [4.69, 9.17) is 4.52 Å². The third-order valence-corrected chi connectivity index (χ3v) is 6.69. The number of hydrogen-bond acceptors (Lipinski definition) is 5. The fourth-order valence-electron chi connectivity index (χ4n) is 4.57. The SMILES string of the molecule is CC1(O)CCN(CC2(c3onc(-c4ccc(O)cc4)c3-c3ccccc3)CC2)CC1. The van der Waals surface area contributed by atoms with Gasteiger partial charge in [0.25, 0.3) is 0 Å². The molecule has 2 aliphatic rings. The number of aromatic hydroxyl groups is 1. The molecule has 2 aromatic carbocycles. The Kier molecular flexibility index (Phi) is 4.68. The predicted molar refractivity (Wildman–Crippen MR) is 116 cm³/mol. The van der Waals surface area contributed by atoms with Gasteiger partial charge in [-0.2, -0.15) is 0 Å². The van der Waals surface area contributed by atoms with Gasteiger partial charge in [0.1, 0.15) is 11.4 Å². The third-order valence-electron chi connectivity index (χ3n) is 6.69. The van der Waals surface area contributed by atoms with Crippen molar-refractivity contribution in [1.29, 1.82) is 0 Å². The van der Waals surface area contributed by atoms with Crippen molar-refractivity contribution in [2.75, 3.05) is 19.6 Å². The van der Waals surface area contributed by atoms with Crippen LogP contribution in [0.1, 0.15) is 38.4 Å². The molecule has 156 valence electrons. The summed E-state index contributed by atoms with van der Waals surface area (Å²) < 4.78 is 6.06. The second kappa shape index (κ2) is 7.25. The second-order valence-corrected chi connectivity index (χ2v) is 9.20. The predicted octanol–water partition coefficient (Wildman–Crippen LogP) is 4.59. The Morgan fingerprint density at radius 2 is 1.60 bits per heavy atom. The highest BCUT2D eigenvalue weighted by molar-refractivity contribution is 5.83. The molecule has 1 aliphatic heterocycles. The first-order valence-corrected chi connectivity index (χ1v) is 10.8. The van der Waals surface area contributed by atoms with Crippen molar-refractivity contribution in [3.05, 3.63) is 60.4 Å². The highest BCUT2D eigenvalue weighted by atomic mass is 16.5. The van der Waals surface area contributed by atoms with Gasteiger partial charge in [0.15, 0.2) is 5.76 Å². The van der Waals surface area contributed by atoms with Crippen LogP contribution < -0.4 is 0 Å². The van der Waals surface area contributed by atoms with Gasteiger partial charge in [0.05, 0.1) is 11.2 Å². The summed E-state index contributed by atoms with van der Waals surface area (Å²) in [5, 5.41) is 24.5. The Morgan fingerprint density at radius 3 is 2.23 bits per heavy atom. The number of phenolic OH excluding ortho intramolecular Hbond substituents is 1. The number of rotatable bonds is 5. The van der Waals surface area contributed by atoms with Crippen molar-refractivity contribution in [2.45, 2.75) is 43.6 Å². The van der Waals surface area contributed by atoms with Gasteiger partial charge >= 0.3 is 0 Å². The Labute approximate surface area is 176 Å². The molecule has 0 amide bonds. The van der Waals surface area contributed by atoms with Crippen LogP contribution in [-0.2, 0) is 5.41 Å². The number of nitrogens with zero attached hydrogens (tertiary/aromatic N) is 2. The number of piperidine rings is 1. The molecule has 1 saturated heterocycles. The van der Waals surface area contributed by atoms with E-state index in [1.165, 1.54) is 0 Å². The highest BCUT2D eigenvalue weighted by Crippen LogP contribution is 2.54. The largest absolute Gasteiger partial charge is 0.508 e. The topological polar surface area (TPSA) is 69.7 Å². The van der Waals surface area contributed by atoms with Gasteiger partial charge in [0.2, 0.25) is 0 Å². The Bertz CT molecular complexity index is 1010. The minimum Gasteiger partial charge on any atom is -0.508 e. The van der Waals surface area contributed by atoms with Gasteiger partial charge < -0.3 is 19.6 Å². The van der Waals surface area contributed by atoms with Crippen molar-refractivity contribution in [3.8, 4) is 28.1 Å². The minimum absolute atomic E-state index is 0.0173. The van der Waals surface area contributed by atoms with Gasteiger partial charge in [-0.25, -0.2) is 0 Å². The summed E-state index contributed by atoms with van der Waals surface area (Å²) in [5.74, 6) is 1.21. The molecule has 5 rings (SSSR count). The molecule has 0 unspecified atom stereocenters. The lowest BCUT2D eigenvalue weighted by molar-refractivity contribution is -0.00793. The summed E-state index contributed by atoms with van der Waals surface area (Å²) >= 11 is 0. The normalized spacial score (nSPS) is 20.2. The van der Waals surface area contributed by atoms with Gasteiger partial charge in [-0.05, 0) is 62.4 Å². The van der Waals surface area contributed by atoms with Crippen LogP contribution in [0.4, 0.5) is 0 Å². The van der Waals surface area contributed by atoms with E-state index in [1.807, 2.05) is 37.3 Å². The molecule has 3 aromatic rings. The smallest absolute Gasteiger partial charge is 0.152 e. The van der Waals surface area contributed by atoms with Crippen LogP contribution >= 0.6 is 0 Å². The second-order valence-electron chi connectivity index (χ2n) is 9.20. The summed E-state index contributed by atoms with van der Waals surface area (Å²) in [6, 6.07) is 17.4. The van der Waals surface area contributed by atoms with Gasteiger partial charge in [-0.15, -0.1) is 0 Å². The van der Waals surface area contributed by atoms with Gasteiger partial charge in [0, 0.05) is 30.6 Å². The van der Waals surface area contributed by atoms with Crippen LogP contribution in [0.2, 0.25) is 0 Å². The molecule has 0 bridgehead atoms. The maximum atomic E-state index is 10.3. The lowest BCUT2D eigenvalue weighted by Crippen LogP contribution is -2.45. The average molecular weight is 405 g/mol. The summed E-state index contributed by atoms with van der Waals surface area (Å²) in [7, 11) is 0. The van der Waals surface area contributed by atoms with E-state index in [0.717, 1.165) is 73.5 Å². The van der Waals surface area contributed by atoms with Crippen LogP contribution in [0.3, 0.4) is 0 Å². The first-order chi connectivity index (χ1) is 14.5. The van der Waals surface area contributed by atoms with Gasteiger partial charge in [-0.3, -0.25) is 0 Å². The van der Waals surface area contributed by atoms with Crippen LogP contribution in [-0.4, -0.2) is 45.5 Å². The van der Waals surface area contributed by atoms with Crippen LogP contribution in [0.15, 0.2) is 59.1 Å². The molecule has 2 fully saturated rings. The molecule has 2 N–H and O–H groups in total. The van der Waals surface area contributed by atoms with Crippen molar-refractivity contribution in [3.63, 3.8) is 0 Å². The molecule has 0 atom stereocenters. The van der Waals surface area contributed by atoms with E-state index in [-0.39, 0.29) is 11.2 Å². The number of likely N-dealkylation sites (tertiary alicyclic amines) is 1. The molecule has 2 heterocycles. The molecule has 5 heteroatoms. The standard InChI is InChI=1S/C25H28N2O3/c1-24(29)13-15-27(16-14-24)17-25(11-12-25)23-21(18-5-3-2-4-6-18)22(26-30-23)19-7-9-20(28)10-8-19/h2-10,28-29H,11-17H2,1H3. The molecule has 0 spiro atoms. The first-order valence-electron chi connectivity index (χ1n) is 10.8. The maximum absolute atomic E-state index is 10.3. The van der Waals surface area contributed by atoms with E-state index >= 15 is 0 Å². The molecule has 1 aromatic heterocycles. The molecule has 5 nitrogen and oxygen atoms in total. The summed E-state index contributed by atoms with van der Waals surface area (Å²) in [6.45, 7) is 4.70. The van der Waals surface area contributed by atoms with Crippen molar-refractivity contribution in [2.24, 2.45) is 0 Å². The number of benzene rings is 2. The van der Waals surface area contributed by atoms with Crippen LogP contribution in [0, 0.1) is 0 Å². The molecule has 1 saturated carbocycles. The van der Waals surface area contributed by atoms with E-state index in [0.29, 0.717) is 0 Å². The third kappa shape index (κ3) is 3.64. The Morgan fingerprint density at radius 1 is 0.933 bits per heavy atom. The Balaban J connectivity index is 1.52. The van der Waals surface area contributed by atoms with Crippen molar-refractivity contribution in [1.82, 2.24) is 10.1 Å². The monoisotopic (exact) mass is 404 g/mol. The van der Waals surface area contributed by atoms with Gasteiger partial charge in [-0.1, -0.05) is 35.5 Å². The lowest BCUT2D eigenvalue weighted by Gasteiger charge is -2.37. The van der Waals surface area contributed by atoms with Crippen molar-refractivity contribution >= 4 is 0 Å². The van der Waals surface area contributed by atoms with Crippen LogP contribution in [0.5, 0.6) is 5.75 Å². The zero-order chi connectivity index (χ0) is 20.8. The molecule has 30 heavy (non-hydrogen) atoms. The van der Waals surface area contributed by atoms with Crippen LogP contribution in [0.25, 0.3) is 22.4 Å². The summed E-state index contributed by atoms with van der Waals surface area (Å²) in [6.07, 6.45) is 3.79. The fourth-order valence-corrected chi connectivity index (χ4v) is 4.57. The fraction of sp³-hybridized carbons (Fsp3) is 0.400. The summed E-state index contributed by atoms with van der Waals surface area (Å²) in [5.41, 5.74) is 3.36. The molecule has 1 aliphatic carbocycles. The highest BCUT2D eigenvalue weighted by Gasteiger charge is 2.51.